The van der Waals surface area contributed by atoms with Gasteiger partial charge in [-0.05, 0) is 18.6 Å². The number of carbonyl (C=O) groups is 3. The zero-order valence-electron chi connectivity index (χ0n) is 14.6. The summed E-state index contributed by atoms with van der Waals surface area (Å²) in [5.74, 6) is -0.990. The van der Waals surface area contributed by atoms with Gasteiger partial charge < -0.3 is 10.6 Å². The van der Waals surface area contributed by atoms with Crippen molar-refractivity contribution < 1.29 is 22.8 Å². The van der Waals surface area contributed by atoms with Crippen molar-refractivity contribution in [3.63, 3.8) is 0 Å². The monoisotopic (exact) mass is 382 g/mol. The van der Waals surface area contributed by atoms with Crippen LogP contribution in [0.2, 0.25) is 0 Å². The van der Waals surface area contributed by atoms with Crippen molar-refractivity contribution in [3.05, 3.63) is 30.3 Å². The fourth-order valence-corrected chi connectivity index (χ4v) is 3.14. The lowest BCUT2D eigenvalue weighted by Crippen LogP contribution is -2.35. The number of benzene rings is 1. The van der Waals surface area contributed by atoms with E-state index < -0.39 is 28.0 Å². The Balaban J connectivity index is 1.82. The summed E-state index contributed by atoms with van der Waals surface area (Å²) in [6.45, 7) is -0.0134. The second-order valence-electron chi connectivity index (χ2n) is 6.00. The van der Waals surface area contributed by atoms with Gasteiger partial charge in [-0.3, -0.25) is 9.59 Å². The molecule has 0 spiro atoms. The highest BCUT2D eigenvalue weighted by molar-refractivity contribution is 7.89. The fraction of sp³-hybridized carbons (Fsp3) is 0.438. The van der Waals surface area contributed by atoms with Crippen LogP contribution in [0.5, 0.6) is 0 Å². The topological polar surface area (TPSA) is 116 Å². The van der Waals surface area contributed by atoms with E-state index in [9.17, 15) is 22.8 Å². The quantitative estimate of drug-likeness (QED) is 0.609. The summed E-state index contributed by atoms with van der Waals surface area (Å²) in [5, 5.41) is 5.06. The van der Waals surface area contributed by atoms with E-state index in [1.807, 2.05) is 0 Å². The van der Waals surface area contributed by atoms with Crippen LogP contribution in [-0.4, -0.2) is 63.0 Å². The third-order valence-corrected chi connectivity index (χ3v) is 5.76. The number of rotatable bonds is 8. The van der Waals surface area contributed by atoms with Crippen LogP contribution in [0.3, 0.4) is 0 Å². The molecule has 1 atom stereocenters. The molecule has 142 valence electrons. The van der Waals surface area contributed by atoms with Gasteiger partial charge >= 0.3 is 6.03 Å². The molecule has 0 radical (unpaired) electrons. The molecule has 1 aromatic carbocycles. The second kappa shape index (κ2) is 8.28. The van der Waals surface area contributed by atoms with Crippen molar-refractivity contribution in [2.24, 2.45) is 0 Å². The third-order valence-electron chi connectivity index (χ3n) is 3.93. The van der Waals surface area contributed by atoms with Crippen LogP contribution >= 0.6 is 0 Å². The van der Waals surface area contributed by atoms with Crippen molar-refractivity contribution in [1.82, 2.24) is 14.9 Å². The van der Waals surface area contributed by atoms with Gasteiger partial charge in [0.05, 0.1) is 11.4 Å². The third kappa shape index (κ3) is 4.79. The summed E-state index contributed by atoms with van der Waals surface area (Å²) >= 11 is 0. The molecule has 0 bridgehead atoms. The Hall–Kier alpha value is -2.46. The average Bonchev–Trinajstić information content (AvgIpc) is 2.87. The highest BCUT2D eigenvalue weighted by Crippen LogP contribution is 2.20. The van der Waals surface area contributed by atoms with Crippen molar-refractivity contribution in [2.45, 2.75) is 18.9 Å². The van der Waals surface area contributed by atoms with Crippen molar-refractivity contribution in [2.75, 3.05) is 31.3 Å². The zero-order chi connectivity index (χ0) is 19.3. The largest absolute Gasteiger partial charge is 0.355 e. The Labute approximate surface area is 152 Å². The summed E-state index contributed by atoms with van der Waals surface area (Å²) in [7, 11) is -0.536. The minimum absolute atomic E-state index is 0.00132. The number of urea groups is 1. The van der Waals surface area contributed by atoms with Crippen LogP contribution in [-0.2, 0) is 19.6 Å². The van der Waals surface area contributed by atoms with E-state index in [1.165, 1.54) is 14.1 Å². The summed E-state index contributed by atoms with van der Waals surface area (Å²) in [6.07, 6.45) is 0.140. The summed E-state index contributed by atoms with van der Waals surface area (Å²) < 4.78 is 24.3. The van der Waals surface area contributed by atoms with Gasteiger partial charge in [0, 0.05) is 27.1 Å². The molecule has 2 N–H and O–H groups in total. The zero-order valence-corrected chi connectivity index (χ0v) is 15.5. The molecule has 0 aromatic heterocycles. The Kier molecular flexibility index (Phi) is 6.32. The number of hydrogen-bond donors (Lipinski definition) is 2. The van der Waals surface area contributed by atoms with E-state index in [2.05, 4.69) is 10.6 Å². The first kappa shape index (κ1) is 19.9. The number of sulfonamides is 1. The number of hydrogen-bond acceptors (Lipinski definition) is 5. The first-order valence-electron chi connectivity index (χ1n) is 8.09. The van der Waals surface area contributed by atoms with Gasteiger partial charge in [-0.2, -0.15) is 0 Å². The van der Waals surface area contributed by atoms with Crippen LogP contribution < -0.4 is 15.5 Å². The SMILES string of the molecule is CN(C)S(=O)(=O)CCNC(=O)CC[C@H]1NC(=O)N(c2ccccc2)C1=O. The van der Waals surface area contributed by atoms with Crippen molar-refractivity contribution in [3.8, 4) is 0 Å². The molecule has 2 rings (SSSR count). The number of carbonyl (C=O) groups excluding carboxylic acids is 3. The lowest BCUT2D eigenvalue weighted by molar-refractivity contribution is -0.121. The molecule has 10 heteroatoms. The van der Waals surface area contributed by atoms with Gasteiger partial charge in [0.1, 0.15) is 6.04 Å². The van der Waals surface area contributed by atoms with E-state index >= 15 is 0 Å². The van der Waals surface area contributed by atoms with Crippen molar-refractivity contribution in [1.29, 1.82) is 0 Å². The molecule has 1 aromatic rings. The van der Waals surface area contributed by atoms with Crippen LogP contribution in [0, 0.1) is 0 Å². The van der Waals surface area contributed by atoms with Gasteiger partial charge in [0.2, 0.25) is 15.9 Å². The highest BCUT2D eigenvalue weighted by atomic mass is 32.2. The molecular weight excluding hydrogens is 360 g/mol. The molecular formula is C16H22N4O5S. The number of nitrogens with zero attached hydrogens (tertiary/aromatic N) is 2. The smallest absolute Gasteiger partial charge is 0.329 e. The maximum absolute atomic E-state index is 12.4. The molecule has 1 aliphatic heterocycles. The Bertz CT molecular complexity index is 779. The van der Waals surface area contributed by atoms with E-state index in [-0.39, 0.29) is 31.0 Å². The molecule has 4 amide bonds. The van der Waals surface area contributed by atoms with Crippen LogP contribution in [0.25, 0.3) is 0 Å². The van der Waals surface area contributed by atoms with Gasteiger partial charge in [-0.25, -0.2) is 22.4 Å². The van der Waals surface area contributed by atoms with Gasteiger partial charge in [0.25, 0.3) is 5.91 Å². The molecule has 9 nitrogen and oxygen atoms in total. The Morgan fingerprint density at radius 1 is 1.23 bits per heavy atom. The first-order chi connectivity index (χ1) is 12.2. The normalized spacial score (nSPS) is 17.5. The summed E-state index contributed by atoms with van der Waals surface area (Å²) in [6, 6.07) is 7.22. The average molecular weight is 382 g/mol. The van der Waals surface area contributed by atoms with Crippen LogP contribution in [0.1, 0.15) is 12.8 Å². The fourth-order valence-electron chi connectivity index (χ4n) is 2.41. The predicted molar refractivity (Wildman–Crippen MR) is 96.0 cm³/mol. The number of para-hydroxylation sites is 1. The Morgan fingerprint density at radius 2 is 1.88 bits per heavy atom. The number of imide groups is 1. The summed E-state index contributed by atoms with van der Waals surface area (Å²) in [4.78, 5) is 37.3. The van der Waals surface area contributed by atoms with Gasteiger partial charge in [-0.1, -0.05) is 18.2 Å². The van der Waals surface area contributed by atoms with Crippen molar-refractivity contribution >= 4 is 33.6 Å². The standard InChI is InChI=1S/C16H22N4O5S/c1-19(2)26(24,25)11-10-17-14(21)9-8-13-15(22)20(16(23)18-13)12-6-4-3-5-7-12/h3-7,13H,8-11H2,1-2H3,(H,17,21)(H,18,23)/t13-/m1/s1. The molecule has 0 aliphatic carbocycles. The minimum atomic E-state index is -3.38. The molecule has 1 fully saturated rings. The molecule has 1 saturated heterocycles. The molecule has 26 heavy (non-hydrogen) atoms. The second-order valence-corrected chi connectivity index (χ2v) is 8.30. The number of anilines is 1. The number of amides is 4. The van der Waals surface area contributed by atoms with E-state index in [0.717, 1.165) is 9.21 Å². The summed E-state index contributed by atoms with van der Waals surface area (Å²) in [5.41, 5.74) is 0.468. The maximum atomic E-state index is 12.4. The predicted octanol–water partition coefficient (Wildman–Crippen LogP) is -0.101. The number of nitrogens with one attached hydrogen (secondary N) is 2. The van der Waals surface area contributed by atoms with Gasteiger partial charge in [-0.15, -0.1) is 0 Å². The minimum Gasteiger partial charge on any atom is -0.355 e. The first-order valence-corrected chi connectivity index (χ1v) is 9.69. The van der Waals surface area contributed by atoms with E-state index in [0.29, 0.717) is 5.69 Å². The molecule has 1 aliphatic rings. The lowest BCUT2D eigenvalue weighted by Gasteiger charge is -2.13. The molecule has 0 unspecified atom stereocenters. The lowest BCUT2D eigenvalue weighted by atomic mass is 10.1. The van der Waals surface area contributed by atoms with E-state index in [4.69, 9.17) is 0 Å². The molecule has 1 heterocycles. The van der Waals surface area contributed by atoms with Crippen LogP contribution in [0.15, 0.2) is 30.3 Å². The Morgan fingerprint density at radius 3 is 2.50 bits per heavy atom. The highest BCUT2D eigenvalue weighted by Gasteiger charge is 2.38. The van der Waals surface area contributed by atoms with Gasteiger partial charge in [0.15, 0.2) is 0 Å². The molecule has 0 saturated carbocycles. The van der Waals surface area contributed by atoms with Crippen LogP contribution in [0.4, 0.5) is 10.5 Å². The van der Waals surface area contributed by atoms with E-state index in [1.54, 1.807) is 30.3 Å². The maximum Gasteiger partial charge on any atom is 0.329 e.